The number of nitrogens with zero attached hydrogens (tertiary/aromatic N) is 2. The van der Waals surface area contributed by atoms with E-state index in [2.05, 4.69) is 41.3 Å². The molecule has 0 atom stereocenters. The summed E-state index contributed by atoms with van der Waals surface area (Å²) in [6.07, 6.45) is 2.55. The van der Waals surface area contributed by atoms with Gasteiger partial charge in [0.25, 0.3) is 0 Å². The second kappa shape index (κ2) is 15.2. The fraction of sp³-hybridized carbons (Fsp3) is 0.625. The number of likely N-dealkylation sites (N-methyl/N-ethyl adjacent to an activating group) is 1. The largest absolute Gasteiger partial charge is 0.399 e. The number of benzene rings is 1. The first kappa shape index (κ1) is 28.7. The third-order valence-electron chi connectivity index (χ3n) is 4.04. The zero-order chi connectivity index (χ0) is 14.4. The van der Waals surface area contributed by atoms with E-state index in [1.165, 1.54) is 18.5 Å². The smallest absolute Gasteiger partial charge is 0.0367 e. The van der Waals surface area contributed by atoms with Crippen LogP contribution >= 0.6 is 49.6 Å². The minimum Gasteiger partial charge on any atom is -0.399 e. The van der Waals surface area contributed by atoms with Crippen molar-refractivity contribution >= 4 is 61.0 Å². The lowest BCUT2D eigenvalue weighted by Crippen LogP contribution is -2.38. The summed E-state index contributed by atoms with van der Waals surface area (Å²) < 4.78 is 0. The maximum atomic E-state index is 5.74. The minimum absolute atomic E-state index is 0. The fourth-order valence-corrected chi connectivity index (χ4v) is 2.69. The Labute approximate surface area is 171 Å². The number of nitrogens with one attached hydrogen (secondary N) is 1. The van der Waals surface area contributed by atoms with Crippen LogP contribution in [0.1, 0.15) is 12.8 Å². The third-order valence-corrected chi connectivity index (χ3v) is 4.04. The van der Waals surface area contributed by atoms with Gasteiger partial charge in [0.2, 0.25) is 0 Å². The van der Waals surface area contributed by atoms with E-state index in [4.69, 9.17) is 5.73 Å². The van der Waals surface area contributed by atoms with Crippen molar-refractivity contribution in [3.63, 3.8) is 0 Å². The Kier molecular flexibility index (Phi) is 18.1. The van der Waals surface area contributed by atoms with Gasteiger partial charge in [0.15, 0.2) is 0 Å². The molecule has 0 bridgehead atoms. The average Bonchev–Trinajstić information content (AvgIpc) is 2.45. The summed E-state index contributed by atoms with van der Waals surface area (Å²) in [5.74, 6) is 0.821. The molecule has 1 aliphatic rings. The van der Waals surface area contributed by atoms with Crippen LogP contribution in [0.2, 0.25) is 0 Å². The Morgan fingerprint density at radius 1 is 1.04 bits per heavy atom. The molecule has 1 saturated heterocycles. The fourth-order valence-electron chi connectivity index (χ4n) is 2.69. The van der Waals surface area contributed by atoms with Crippen LogP contribution in [0.5, 0.6) is 0 Å². The number of nitrogen functional groups attached to an aromatic ring is 1. The van der Waals surface area contributed by atoms with E-state index in [9.17, 15) is 0 Å². The Hall–Kier alpha value is -0.1000. The van der Waals surface area contributed by atoms with Crippen LogP contribution in [0.15, 0.2) is 24.3 Å². The Balaban J connectivity index is -0.00000110. The maximum absolute atomic E-state index is 5.74. The van der Waals surface area contributed by atoms with Crippen LogP contribution in [-0.4, -0.2) is 51.7 Å². The van der Waals surface area contributed by atoms with E-state index in [0.717, 1.165) is 44.3 Å². The van der Waals surface area contributed by atoms with Gasteiger partial charge in [-0.05, 0) is 63.7 Å². The molecule has 4 nitrogen and oxygen atoms in total. The summed E-state index contributed by atoms with van der Waals surface area (Å²) in [6, 6.07) is 8.24. The first-order valence-corrected chi connectivity index (χ1v) is 7.61. The van der Waals surface area contributed by atoms with Gasteiger partial charge in [-0.25, -0.2) is 0 Å². The molecular weight excluding hydrogens is 390 g/mol. The van der Waals surface area contributed by atoms with E-state index in [-0.39, 0.29) is 49.6 Å². The van der Waals surface area contributed by atoms with Crippen molar-refractivity contribution in [2.75, 3.05) is 57.5 Å². The Morgan fingerprint density at radius 3 is 2.08 bits per heavy atom. The molecule has 144 valence electrons. The van der Waals surface area contributed by atoms with E-state index in [1.807, 2.05) is 12.1 Å². The van der Waals surface area contributed by atoms with E-state index in [1.54, 1.807) is 0 Å². The molecule has 0 saturated carbocycles. The highest BCUT2D eigenvalue weighted by molar-refractivity contribution is 5.86. The molecule has 1 aromatic carbocycles. The number of rotatable bonds is 6. The topological polar surface area (TPSA) is 44.5 Å². The second-order valence-electron chi connectivity index (χ2n) is 6.03. The van der Waals surface area contributed by atoms with Gasteiger partial charge in [0.1, 0.15) is 0 Å². The molecule has 0 unspecified atom stereocenters. The van der Waals surface area contributed by atoms with Gasteiger partial charge >= 0.3 is 0 Å². The third kappa shape index (κ3) is 10.0. The molecule has 24 heavy (non-hydrogen) atoms. The van der Waals surface area contributed by atoms with Crippen LogP contribution in [0.25, 0.3) is 0 Å². The zero-order valence-electron chi connectivity index (χ0n) is 14.4. The van der Waals surface area contributed by atoms with E-state index >= 15 is 0 Å². The normalized spacial score (nSPS) is 14.0. The Bertz CT molecular complexity index is 396. The molecule has 0 amide bonds. The van der Waals surface area contributed by atoms with Gasteiger partial charge in [-0.15, -0.1) is 49.6 Å². The van der Waals surface area contributed by atoms with Gasteiger partial charge in [-0.2, -0.15) is 0 Å². The second-order valence-corrected chi connectivity index (χ2v) is 6.03. The van der Waals surface area contributed by atoms with Gasteiger partial charge < -0.3 is 20.9 Å². The number of piperidine rings is 1. The molecule has 1 fully saturated rings. The summed E-state index contributed by atoms with van der Waals surface area (Å²) in [5, 5.41) is 3.57. The molecular formula is C16H32Cl4N4. The summed E-state index contributed by atoms with van der Waals surface area (Å²) in [4.78, 5) is 4.69. The number of hydrogen-bond acceptors (Lipinski definition) is 4. The van der Waals surface area contributed by atoms with E-state index < -0.39 is 0 Å². The highest BCUT2D eigenvalue weighted by Crippen LogP contribution is 2.23. The quantitative estimate of drug-likeness (QED) is 0.546. The highest BCUT2D eigenvalue weighted by Gasteiger charge is 2.18. The molecule has 0 aliphatic carbocycles. The Morgan fingerprint density at radius 2 is 1.58 bits per heavy atom. The molecule has 3 N–H and O–H groups in total. The average molecular weight is 422 g/mol. The molecule has 1 heterocycles. The lowest BCUT2D eigenvalue weighted by Gasteiger charge is -2.33. The van der Waals surface area contributed by atoms with Crippen molar-refractivity contribution in [1.29, 1.82) is 0 Å². The van der Waals surface area contributed by atoms with Crippen LogP contribution in [0.3, 0.4) is 0 Å². The maximum Gasteiger partial charge on any atom is 0.0367 e. The lowest BCUT2D eigenvalue weighted by atomic mass is 9.96. The van der Waals surface area contributed by atoms with E-state index in [0.29, 0.717) is 0 Å². The van der Waals surface area contributed by atoms with Gasteiger partial charge in [-0.3, -0.25) is 0 Å². The van der Waals surface area contributed by atoms with Crippen LogP contribution < -0.4 is 16.0 Å². The van der Waals surface area contributed by atoms with Crippen molar-refractivity contribution in [2.45, 2.75) is 12.8 Å². The van der Waals surface area contributed by atoms with Gasteiger partial charge in [0, 0.05) is 37.6 Å². The zero-order valence-corrected chi connectivity index (χ0v) is 17.7. The van der Waals surface area contributed by atoms with Gasteiger partial charge in [-0.1, -0.05) is 0 Å². The van der Waals surface area contributed by atoms with Crippen LogP contribution in [-0.2, 0) is 0 Å². The SMILES string of the molecule is CN(C)CCNCC1CCN(c2ccc(N)cc2)CC1.Cl.Cl.Cl.Cl. The molecule has 0 radical (unpaired) electrons. The summed E-state index contributed by atoms with van der Waals surface area (Å²) in [6.45, 7) is 5.67. The summed E-state index contributed by atoms with van der Waals surface area (Å²) >= 11 is 0. The summed E-state index contributed by atoms with van der Waals surface area (Å²) in [7, 11) is 4.24. The number of nitrogens with two attached hydrogens (primary N) is 1. The number of anilines is 2. The monoisotopic (exact) mass is 420 g/mol. The number of halogens is 4. The van der Waals surface area contributed by atoms with Crippen molar-refractivity contribution in [3.8, 4) is 0 Å². The van der Waals surface area contributed by atoms with Crippen LogP contribution in [0, 0.1) is 5.92 Å². The minimum atomic E-state index is 0. The van der Waals surface area contributed by atoms with Crippen molar-refractivity contribution < 1.29 is 0 Å². The highest BCUT2D eigenvalue weighted by atomic mass is 35.5. The van der Waals surface area contributed by atoms with Crippen molar-refractivity contribution in [3.05, 3.63) is 24.3 Å². The van der Waals surface area contributed by atoms with Crippen LogP contribution in [0.4, 0.5) is 11.4 Å². The van der Waals surface area contributed by atoms with Crippen molar-refractivity contribution in [1.82, 2.24) is 10.2 Å². The lowest BCUT2D eigenvalue weighted by molar-refractivity contribution is 0.357. The standard InChI is InChI=1S/C16H28N4.4ClH/c1-19(2)12-9-18-13-14-7-10-20(11-8-14)16-5-3-15(17)4-6-16;;;;/h3-6,14,18H,7-13,17H2,1-2H3;4*1H. The molecule has 8 heteroatoms. The molecule has 0 spiro atoms. The first-order chi connectivity index (χ1) is 9.65. The van der Waals surface area contributed by atoms with Crippen molar-refractivity contribution in [2.24, 2.45) is 5.92 Å². The van der Waals surface area contributed by atoms with Gasteiger partial charge in [0.05, 0.1) is 0 Å². The predicted molar refractivity (Wildman–Crippen MR) is 116 cm³/mol. The first-order valence-electron chi connectivity index (χ1n) is 7.61. The molecule has 0 aromatic heterocycles. The number of hydrogen-bond donors (Lipinski definition) is 2. The molecule has 1 aliphatic heterocycles. The molecule has 1 aromatic rings. The molecule has 2 rings (SSSR count). The predicted octanol–water partition coefficient (Wildman–Crippen LogP) is 3.32. The summed E-state index contributed by atoms with van der Waals surface area (Å²) in [5.41, 5.74) is 7.88.